The maximum absolute atomic E-state index is 4.93. The SMILES string of the molecule is CC(C)NCc1sc(Cc2ccccc2)nc1C(C)(C)C. The van der Waals surface area contributed by atoms with E-state index < -0.39 is 0 Å². The van der Waals surface area contributed by atoms with E-state index in [1.807, 2.05) is 11.3 Å². The molecule has 1 N–H and O–H groups in total. The van der Waals surface area contributed by atoms with Gasteiger partial charge >= 0.3 is 0 Å². The zero-order valence-electron chi connectivity index (χ0n) is 13.7. The highest BCUT2D eigenvalue weighted by Crippen LogP contribution is 2.30. The predicted octanol–water partition coefficient (Wildman–Crippen LogP) is 4.53. The highest BCUT2D eigenvalue weighted by molar-refractivity contribution is 7.11. The van der Waals surface area contributed by atoms with Crippen LogP contribution < -0.4 is 5.32 Å². The minimum absolute atomic E-state index is 0.0967. The van der Waals surface area contributed by atoms with E-state index in [2.05, 4.69) is 70.3 Å². The first kappa shape index (κ1) is 16.2. The van der Waals surface area contributed by atoms with Crippen molar-refractivity contribution in [1.82, 2.24) is 10.3 Å². The molecule has 0 saturated heterocycles. The minimum Gasteiger partial charge on any atom is -0.310 e. The molecule has 1 aromatic carbocycles. The highest BCUT2D eigenvalue weighted by atomic mass is 32.1. The molecular formula is C18H26N2S. The van der Waals surface area contributed by atoms with Gasteiger partial charge in [-0.15, -0.1) is 11.3 Å². The zero-order valence-corrected chi connectivity index (χ0v) is 14.6. The molecule has 0 fully saturated rings. The molecule has 0 aliphatic carbocycles. The van der Waals surface area contributed by atoms with Crippen molar-refractivity contribution in [3.63, 3.8) is 0 Å². The van der Waals surface area contributed by atoms with Gasteiger partial charge in [-0.05, 0) is 5.56 Å². The predicted molar refractivity (Wildman–Crippen MR) is 92.0 cm³/mol. The van der Waals surface area contributed by atoms with Crippen LogP contribution in [0.2, 0.25) is 0 Å². The summed E-state index contributed by atoms with van der Waals surface area (Å²) in [5.41, 5.74) is 2.67. The lowest BCUT2D eigenvalue weighted by molar-refractivity contribution is 0.545. The molecular weight excluding hydrogens is 276 g/mol. The van der Waals surface area contributed by atoms with E-state index in [9.17, 15) is 0 Å². The van der Waals surface area contributed by atoms with Crippen LogP contribution in [-0.4, -0.2) is 11.0 Å². The van der Waals surface area contributed by atoms with E-state index in [1.165, 1.54) is 21.1 Å². The minimum atomic E-state index is 0.0967. The Kier molecular flexibility index (Phi) is 5.17. The summed E-state index contributed by atoms with van der Waals surface area (Å²) in [6.07, 6.45) is 0.927. The number of benzene rings is 1. The Labute approximate surface area is 132 Å². The number of thiazole rings is 1. The van der Waals surface area contributed by atoms with E-state index in [4.69, 9.17) is 4.98 Å². The Balaban J connectivity index is 2.23. The van der Waals surface area contributed by atoms with Crippen molar-refractivity contribution < 1.29 is 0 Å². The zero-order chi connectivity index (χ0) is 15.5. The number of rotatable bonds is 5. The average molecular weight is 302 g/mol. The van der Waals surface area contributed by atoms with E-state index >= 15 is 0 Å². The monoisotopic (exact) mass is 302 g/mol. The molecule has 0 bridgehead atoms. The van der Waals surface area contributed by atoms with Gasteiger partial charge in [0.15, 0.2) is 0 Å². The number of nitrogens with zero attached hydrogens (tertiary/aromatic N) is 1. The van der Waals surface area contributed by atoms with Gasteiger partial charge in [-0.2, -0.15) is 0 Å². The van der Waals surface area contributed by atoms with Gasteiger partial charge in [0.1, 0.15) is 0 Å². The number of nitrogens with one attached hydrogen (secondary N) is 1. The topological polar surface area (TPSA) is 24.9 Å². The second kappa shape index (κ2) is 6.71. The molecule has 0 aliphatic rings. The summed E-state index contributed by atoms with van der Waals surface area (Å²) in [6, 6.07) is 11.1. The summed E-state index contributed by atoms with van der Waals surface area (Å²) >= 11 is 1.85. The molecule has 0 unspecified atom stereocenters. The Morgan fingerprint density at radius 2 is 1.81 bits per heavy atom. The van der Waals surface area contributed by atoms with Gasteiger partial charge < -0.3 is 5.32 Å². The standard InChI is InChI=1S/C18H26N2S/c1-13(2)19-12-15-17(18(3,4)5)20-16(21-15)11-14-9-7-6-8-10-14/h6-10,13,19H,11-12H2,1-5H3. The van der Waals surface area contributed by atoms with Gasteiger partial charge in [0, 0.05) is 29.3 Å². The van der Waals surface area contributed by atoms with Crippen molar-refractivity contribution in [2.75, 3.05) is 0 Å². The molecule has 0 saturated carbocycles. The van der Waals surface area contributed by atoms with Crippen LogP contribution in [0.5, 0.6) is 0 Å². The van der Waals surface area contributed by atoms with Crippen LogP contribution in [0.4, 0.5) is 0 Å². The van der Waals surface area contributed by atoms with Gasteiger partial charge in [0.2, 0.25) is 0 Å². The molecule has 0 spiro atoms. The van der Waals surface area contributed by atoms with Crippen molar-refractivity contribution >= 4 is 11.3 Å². The normalized spacial score (nSPS) is 12.1. The van der Waals surface area contributed by atoms with Crippen molar-refractivity contribution in [1.29, 1.82) is 0 Å². The van der Waals surface area contributed by atoms with E-state index in [1.54, 1.807) is 0 Å². The lowest BCUT2D eigenvalue weighted by atomic mass is 9.91. The fourth-order valence-corrected chi connectivity index (χ4v) is 3.51. The third-order valence-corrected chi connectivity index (χ3v) is 4.38. The molecule has 21 heavy (non-hydrogen) atoms. The lowest BCUT2D eigenvalue weighted by Crippen LogP contribution is -2.23. The summed E-state index contributed by atoms with van der Waals surface area (Å²) in [5.74, 6) is 0. The molecule has 114 valence electrons. The summed E-state index contributed by atoms with van der Waals surface area (Å²) in [5, 5.41) is 4.74. The summed E-state index contributed by atoms with van der Waals surface area (Å²) < 4.78 is 0. The fourth-order valence-electron chi connectivity index (χ4n) is 2.25. The summed E-state index contributed by atoms with van der Waals surface area (Å²) in [4.78, 5) is 6.31. The van der Waals surface area contributed by atoms with E-state index in [0.717, 1.165) is 13.0 Å². The Hall–Kier alpha value is -1.19. The maximum atomic E-state index is 4.93. The van der Waals surface area contributed by atoms with Gasteiger partial charge in [-0.1, -0.05) is 65.0 Å². The van der Waals surface area contributed by atoms with Crippen LogP contribution in [0, 0.1) is 0 Å². The Bertz CT molecular complexity index is 565. The highest BCUT2D eigenvalue weighted by Gasteiger charge is 2.23. The molecule has 2 aromatic rings. The van der Waals surface area contributed by atoms with Gasteiger partial charge in [0.25, 0.3) is 0 Å². The number of hydrogen-bond donors (Lipinski definition) is 1. The summed E-state index contributed by atoms with van der Waals surface area (Å²) in [6.45, 7) is 12.0. The van der Waals surface area contributed by atoms with Crippen molar-refractivity contribution in [2.45, 2.75) is 59.0 Å². The summed E-state index contributed by atoms with van der Waals surface area (Å²) in [7, 11) is 0. The average Bonchev–Trinajstić information content (AvgIpc) is 2.80. The molecule has 0 atom stereocenters. The Morgan fingerprint density at radius 1 is 1.14 bits per heavy atom. The molecule has 3 heteroatoms. The lowest BCUT2D eigenvalue weighted by Gasteiger charge is -2.18. The van der Waals surface area contributed by atoms with E-state index in [-0.39, 0.29) is 5.41 Å². The molecule has 1 heterocycles. The van der Waals surface area contributed by atoms with Crippen LogP contribution >= 0.6 is 11.3 Å². The van der Waals surface area contributed by atoms with E-state index in [0.29, 0.717) is 6.04 Å². The molecule has 0 amide bonds. The smallest absolute Gasteiger partial charge is 0.0975 e. The van der Waals surface area contributed by atoms with Crippen LogP contribution in [0.1, 0.15) is 55.8 Å². The first-order valence-corrected chi connectivity index (χ1v) is 8.44. The quantitative estimate of drug-likeness (QED) is 0.877. The van der Waals surface area contributed by atoms with Crippen LogP contribution in [-0.2, 0) is 18.4 Å². The van der Waals surface area contributed by atoms with Crippen LogP contribution in [0.3, 0.4) is 0 Å². The van der Waals surface area contributed by atoms with Gasteiger partial charge in [0.05, 0.1) is 10.7 Å². The third kappa shape index (κ3) is 4.65. The Morgan fingerprint density at radius 3 is 2.38 bits per heavy atom. The van der Waals surface area contributed by atoms with Crippen LogP contribution in [0.15, 0.2) is 30.3 Å². The third-order valence-electron chi connectivity index (χ3n) is 3.32. The fraction of sp³-hybridized carbons (Fsp3) is 0.500. The molecule has 2 nitrogen and oxygen atoms in total. The largest absolute Gasteiger partial charge is 0.310 e. The second-order valence-corrected chi connectivity index (χ2v) is 8.00. The molecule has 1 aromatic heterocycles. The maximum Gasteiger partial charge on any atom is 0.0975 e. The van der Waals surface area contributed by atoms with Gasteiger partial charge in [-0.3, -0.25) is 0 Å². The van der Waals surface area contributed by atoms with Crippen molar-refractivity contribution in [2.24, 2.45) is 0 Å². The number of aromatic nitrogens is 1. The second-order valence-electron chi connectivity index (χ2n) is 6.83. The number of hydrogen-bond acceptors (Lipinski definition) is 3. The molecule has 2 rings (SSSR count). The molecule has 0 aliphatic heterocycles. The molecule has 0 radical (unpaired) electrons. The van der Waals surface area contributed by atoms with Crippen LogP contribution in [0.25, 0.3) is 0 Å². The van der Waals surface area contributed by atoms with Crippen molar-refractivity contribution in [3.8, 4) is 0 Å². The van der Waals surface area contributed by atoms with Gasteiger partial charge in [-0.25, -0.2) is 4.98 Å². The van der Waals surface area contributed by atoms with Crippen molar-refractivity contribution in [3.05, 3.63) is 51.5 Å². The first-order valence-electron chi connectivity index (χ1n) is 7.62. The first-order chi connectivity index (χ1) is 9.86.